The molecule has 0 saturated heterocycles. The van der Waals surface area contributed by atoms with Gasteiger partial charge in [-0.2, -0.15) is 4.98 Å². The van der Waals surface area contributed by atoms with Gasteiger partial charge in [-0.25, -0.2) is 12.8 Å². The van der Waals surface area contributed by atoms with E-state index >= 15 is 0 Å². The number of rotatable bonds is 4. The molecule has 0 amide bonds. The first-order valence-corrected chi connectivity index (χ1v) is 7.99. The zero-order chi connectivity index (χ0) is 15.6. The Morgan fingerprint density at radius 3 is 2.57 bits per heavy atom. The molecule has 0 saturated carbocycles. The molecule has 1 aromatic heterocycles. The normalized spacial score (nSPS) is 11.2. The van der Waals surface area contributed by atoms with Crippen LogP contribution in [0, 0.1) is 5.82 Å². The zero-order valence-electron chi connectivity index (χ0n) is 10.4. The van der Waals surface area contributed by atoms with Crippen molar-refractivity contribution in [2.75, 3.05) is 16.3 Å². The second kappa shape index (κ2) is 5.96. The van der Waals surface area contributed by atoms with Gasteiger partial charge in [0.25, 0.3) is 0 Å². The highest BCUT2D eigenvalue weighted by atomic mass is 35.5. The molecular formula is C10H8Cl2FN5O2S. The topological polar surface area (TPSA) is 96.9 Å². The predicted molar refractivity (Wildman–Crippen MR) is 78.0 cm³/mol. The molecule has 2 aromatic rings. The van der Waals surface area contributed by atoms with Gasteiger partial charge in [-0.05, 0) is 23.7 Å². The third-order valence-electron chi connectivity index (χ3n) is 2.15. The summed E-state index contributed by atoms with van der Waals surface area (Å²) in [6, 6.07) is 3.46. The van der Waals surface area contributed by atoms with Crippen molar-refractivity contribution in [2.45, 2.75) is 0 Å². The molecule has 2 rings (SSSR count). The van der Waals surface area contributed by atoms with E-state index in [1.807, 2.05) is 0 Å². The third-order valence-corrected chi connectivity index (χ3v) is 3.16. The van der Waals surface area contributed by atoms with E-state index < -0.39 is 15.8 Å². The number of hydrogen-bond acceptors (Lipinski definition) is 6. The molecule has 0 fully saturated rings. The van der Waals surface area contributed by atoms with Crippen LogP contribution in [0.2, 0.25) is 10.4 Å². The summed E-state index contributed by atoms with van der Waals surface area (Å²) in [5.74, 6) is -0.559. The number of halogens is 3. The van der Waals surface area contributed by atoms with Crippen LogP contribution < -0.4 is 10.0 Å². The highest BCUT2D eigenvalue weighted by Crippen LogP contribution is 2.29. The van der Waals surface area contributed by atoms with E-state index in [2.05, 4.69) is 25.2 Å². The standard InChI is InChI=1S/C10H8Cl2FN5O2S/c1-21(19,20)18-7-4-5(13)2-3-6(7)14-9-8(11)16-17-10(12)15-9/h2-4,18H,1H3,(H,14,15,17). The fraction of sp³-hybridized carbons (Fsp3) is 0.100. The molecule has 0 spiro atoms. The van der Waals surface area contributed by atoms with Crippen molar-refractivity contribution in [3.05, 3.63) is 34.5 Å². The second-order valence-electron chi connectivity index (χ2n) is 3.91. The lowest BCUT2D eigenvalue weighted by atomic mass is 10.2. The van der Waals surface area contributed by atoms with Crippen LogP contribution in [-0.4, -0.2) is 29.9 Å². The van der Waals surface area contributed by atoms with Gasteiger partial charge in [0, 0.05) is 6.07 Å². The number of nitrogens with one attached hydrogen (secondary N) is 2. The number of benzene rings is 1. The minimum Gasteiger partial charge on any atom is -0.336 e. The van der Waals surface area contributed by atoms with Gasteiger partial charge in [-0.15, -0.1) is 10.2 Å². The molecule has 112 valence electrons. The largest absolute Gasteiger partial charge is 0.336 e. The summed E-state index contributed by atoms with van der Waals surface area (Å²) in [4.78, 5) is 3.81. The highest BCUT2D eigenvalue weighted by molar-refractivity contribution is 7.92. The van der Waals surface area contributed by atoms with Crippen LogP contribution in [0.5, 0.6) is 0 Å². The average Bonchev–Trinajstić information content (AvgIpc) is 2.35. The van der Waals surface area contributed by atoms with Crippen LogP contribution >= 0.6 is 23.2 Å². The first-order valence-electron chi connectivity index (χ1n) is 5.35. The Hall–Kier alpha value is -1.71. The summed E-state index contributed by atoms with van der Waals surface area (Å²) in [5.41, 5.74) is 0.212. The SMILES string of the molecule is CS(=O)(=O)Nc1cc(F)ccc1Nc1nc(Cl)nnc1Cl. The van der Waals surface area contributed by atoms with Gasteiger partial charge >= 0.3 is 0 Å². The van der Waals surface area contributed by atoms with Crippen molar-refractivity contribution in [3.8, 4) is 0 Å². The Morgan fingerprint density at radius 2 is 1.90 bits per heavy atom. The maximum Gasteiger partial charge on any atom is 0.245 e. The van der Waals surface area contributed by atoms with Crippen molar-refractivity contribution in [1.82, 2.24) is 15.2 Å². The van der Waals surface area contributed by atoms with Crippen LogP contribution in [0.25, 0.3) is 0 Å². The molecule has 1 aromatic carbocycles. The molecule has 0 bridgehead atoms. The first-order chi connectivity index (χ1) is 9.74. The number of hydrogen-bond donors (Lipinski definition) is 2. The summed E-state index contributed by atoms with van der Waals surface area (Å²) >= 11 is 11.4. The maximum absolute atomic E-state index is 13.3. The summed E-state index contributed by atoms with van der Waals surface area (Å²) in [7, 11) is -3.59. The lowest BCUT2D eigenvalue weighted by molar-refractivity contribution is 0.606. The van der Waals surface area contributed by atoms with Gasteiger partial charge in [0.2, 0.25) is 15.3 Å². The van der Waals surface area contributed by atoms with E-state index in [1.165, 1.54) is 6.07 Å². The van der Waals surface area contributed by atoms with Gasteiger partial charge < -0.3 is 5.32 Å². The quantitative estimate of drug-likeness (QED) is 0.877. The molecule has 0 aliphatic rings. The molecule has 0 atom stereocenters. The van der Waals surface area contributed by atoms with Crippen molar-refractivity contribution >= 4 is 50.4 Å². The number of nitrogens with zero attached hydrogens (tertiary/aromatic N) is 3. The van der Waals surface area contributed by atoms with Gasteiger partial charge in [0.05, 0.1) is 17.6 Å². The predicted octanol–water partition coefficient (Wildman–Crippen LogP) is 2.43. The summed E-state index contributed by atoms with van der Waals surface area (Å²) < 4.78 is 38.0. The number of aromatic nitrogens is 3. The van der Waals surface area contributed by atoms with Gasteiger partial charge in [0.1, 0.15) is 5.82 Å². The van der Waals surface area contributed by atoms with Crippen LogP contribution in [0.1, 0.15) is 0 Å². The molecule has 0 aliphatic carbocycles. The molecule has 11 heteroatoms. The van der Waals surface area contributed by atoms with Crippen LogP contribution in [0.3, 0.4) is 0 Å². The van der Waals surface area contributed by atoms with E-state index in [4.69, 9.17) is 23.2 Å². The molecule has 2 N–H and O–H groups in total. The zero-order valence-corrected chi connectivity index (χ0v) is 12.8. The Bertz CT molecular complexity index is 787. The number of anilines is 3. The lowest BCUT2D eigenvalue weighted by Gasteiger charge is -2.12. The van der Waals surface area contributed by atoms with Crippen molar-refractivity contribution in [2.24, 2.45) is 0 Å². The van der Waals surface area contributed by atoms with Crippen molar-refractivity contribution < 1.29 is 12.8 Å². The molecule has 0 unspecified atom stereocenters. The summed E-state index contributed by atoms with van der Waals surface area (Å²) in [6.45, 7) is 0. The summed E-state index contributed by atoms with van der Waals surface area (Å²) in [5, 5.41) is 9.46. The van der Waals surface area contributed by atoms with E-state index in [1.54, 1.807) is 0 Å². The monoisotopic (exact) mass is 351 g/mol. The Kier molecular flexibility index (Phi) is 4.45. The highest BCUT2D eigenvalue weighted by Gasteiger charge is 2.12. The van der Waals surface area contributed by atoms with Crippen LogP contribution in [0.4, 0.5) is 21.6 Å². The minimum atomic E-state index is -3.59. The third kappa shape index (κ3) is 4.38. The van der Waals surface area contributed by atoms with Gasteiger partial charge in [-0.1, -0.05) is 11.6 Å². The van der Waals surface area contributed by atoms with Gasteiger partial charge in [0.15, 0.2) is 11.0 Å². The Morgan fingerprint density at radius 1 is 1.19 bits per heavy atom. The Labute approximate surface area is 129 Å². The minimum absolute atomic E-state index is 0.0108. The number of sulfonamides is 1. The molecular weight excluding hydrogens is 344 g/mol. The lowest BCUT2D eigenvalue weighted by Crippen LogP contribution is -2.11. The maximum atomic E-state index is 13.3. The van der Waals surface area contributed by atoms with E-state index in [9.17, 15) is 12.8 Å². The fourth-order valence-electron chi connectivity index (χ4n) is 1.41. The Balaban J connectivity index is 2.42. The summed E-state index contributed by atoms with van der Waals surface area (Å²) in [6.07, 6.45) is 0.942. The second-order valence-corrected chi connectivity index (χ2v) is 6.35. The molecule has 1 heterocycles. The van der Waals surface area contributed by atoms with Crippen molar-refractivity contribution in [3.63, 3.8) is 0 Å². The van der Waals surface area contributed by atoms with E-state index in [0.29, 0.717) is 0 Å². The molecule has 0 radical (unpaired) electrons. The first kappa shape index (κ1) is 15.7. The van der Waals surface area contributed by atoms with Crippen LogP contribution in [0.15, 0.2) is 18.2 Å². The van der Waals surface area contributed by atoms with E-state index in [0.717, 1.165) is 18.4 Å². The molecule has 7 nitrogen and oxygen atoms in total. The average molecular weight is 352 g/mol. The van der Waals surface area contributed by atoms with Gasteiger partial charge in [-0.3, -0.25) is 4.72 Å². The molecule has 21 heavy (non-hydrogen) atoms. The van der Waals surface area contributed by atoms with E-state index in [-0.39, 0.29) is 27.6 Å². The van der Waals surface area contributed by atoms with Crippen molar-refractivity contribution in [1.29, 1.82) is 0 Å². The smallest absolute Gasteiger partial charge is 0.245 e. The fourth-order valence-corrected chi connectivity index (χ4v) is 2.23. The molecule has 0 aliphatic heterocycles. The van der Waals surface area contributed by atoms with Crippen LogP contribution in [-0.2, 0) is 10.0 Å².